The van der Waals surface area contributed by atoms with E-state index in [1.54, 1.807) is 0 Å². The maximum absolute atomic E-state index is 11.2. The van der Waals surface area contributed by atoms with Crippen molar-refractivity contribution in [2.24, 2.45) is 0 Å². The van der Waals surface area contributed by atoms with Gasteiger partial charge in [-0.1, -0.05) is 34.1 Å². The Hall–Kier alpha value is -1.03. The van der Waals surface area contributed by atoms with Gasteiger partial charge in [0.25, 0.3) is 0 Å². The molecule has 1 unspecified atom stereocenters. The first-order chi connectivity index (χ1) is 7.72. The molecule has 16 heavy (non-hydrogen) atoms. The lowest BCUT2D eigenvalue weighted by Crippen LogP contribution is -2.33. The van der Waals surface area contributed by atoms with Crippen molar-refractivity contribution in [3.63, 3.8) is 0 Å². The van der Waals surface area contributed by atoms with E-state index in [4.69, 9.17) is 4.74 Å². The van der Waals surface area contributed by atoms with Crippen molar-refractivity contribution in [2.75, 3.05) is 11.9 Å². The molecule has 1 amide bonds. The summed E-state index contributed by atoms with van der Waals surface area (Å²) < 4.78 is 5.62. The van der Waals surface area contributed by atoms with E-state index >= 15 is 0 Å². The number of carbonyl (C=O) groups is 1. The van der Waals surface area contributed by atoms with Gasteiger partial charge in [-0.05, 0) is 19.1 Å². The summed E-state index contributed by atoms with van der Waals surface area (Å²) in [5.74, 6) is 0.866. The standard InChI is InChI=1S/C12H16BrNO2/c1-10(9-14-12(15)7-8-13)16-11-5-3-2-4-6-11/h2-6,10H,7-9H2,1H3,(H,14,15). The number of para-hydroxylation sites is 1. The maximum atomic E-state index is 11.2. The van der Waals surface area contributed by atoms with Gasteiger partial charge in [0.05, 0.1) is 6.54 Å². The number of benzene rings is 1. The van der Waals surface area contributed by atoms with Crippen LogP contribution >= 0.6 is 15.9 Å². The third kappa shape index (κ3) is 5.16. The molecule has 0 heterocycles. The van der Waals surface area contributed by atoms with Crippen molar-refractivity contribution in [1.29, 1.82) is 0 Å². The van der Waals surface area contributed by atoms with Gasteiger partial charge >= 0.3 is 0 Å². The van der Waals surface area contributed by atoms with E-state index in [2.05, 4.69) is 21.2 Å². The van der Waals surface area contributed by atoms with Gasteiger partial charge in [0.1, 0.15) is 11.9 Å². The number of ether oxygens (including phenoxy) is 1. The summed E-state index contributed by atoms with van der Waals surface area (Å²) in [6.07, 6.45) is 0.472. The summed E-state index contributed by atoms with van der Waals surface area (Å²) in [5.41, 5.74) is 0. The van der Waals surface area contributed by atoms with Gasteiger partial charge < -0.3 is 10.1 Å². The van der Waals surface area contributed by atoms with Crippen molar-refractivity contribution in [3.8, 4) is 5.75 Å². The van der Waals surface area contributed by atoms with Crippen molar-refractivity contribution >= 4 is 21.8 Å². The molecule has 1 aromatic carbocycles. The molecule has 1 atom stereocenters. The number of carbonyl (C=O) groups excluding carboxylic acids is 1. The molecule has 0 saturated carbocycles. The summed E-state index contributed by atoms with van der Waals surface area (Å²) in [4.78, 5) is 11.2. The van der Waals surface area contributed by atoms with Crippen LogP contribution in [-0.4, -0.2) is 23.9 Å². The Morgan fingerprint density at radius 2 is 2.12 bits per heavy atom. The highest BCUT2D eigenvalue weighted by Gasteiger charge is 2.05. The Morgan fingerprint density at radius 3 is 2.75 bits per heavy atom. The molecule has 0 spiro atoms. The van der Waals surface area contributed by atoms with Gasteiger partial charge in [-0.15, -0.1) is 0 Å². The maximum Gasteiger partial charge on any atom is 0.220 e. The fourth-order valence-corrected chi connectivity index (χ4v) is 1.56. The van der Waals surface area contributed by atoms with Gasteiger partial charge in [-0.25, -0.2) is 0 Å². The lowest BCUT2D eigenvalue weighted by atomic mass is 10.3. The number of hydrogen-bond acceptors (Lipinski definition) is 2. The van der Waals surface area contributed by atoms with Crippen LogP contribution < -0.4 is 10.1 Å². The Kier molecular flexibility index (Phi) is 5.93. The van der Waals surface area contributed by atoms with E-state index in [1.165, 1.54) is 0 Å². The molecular weight excluding hydrogens is 270 g/mol. The van der Waals surface area contributed by atoms with Gasteiger partial charge in [0.15, 0.2) is 0 Å². The highest BCUT2D eigenvalue weighted by Crippen LogP contribution is 2.10. The normalized spacial score (nSPS) is 11.9. The Balaban J connectivity index is 2.26. The van der Waals surface area contributed by atoms with E-state index in [1.807, 2.05) is 37.3 Å². The second kappa shape index (κ2) is 7.28. The molecule has 0 aliphatic rings. The average molecular weight is 286 g/mol. The van der Waals surface area contributed by atoms with Crippen molar-refractivity contribution in [1.82, 2.24) is 5.32 Å². The van der Waals surface area contributed by atoms with Crippen molar-refractivity contribution in [3.05, 3.63) is 30.3 Å². The fraction of sp³-hybridized carbons (Fsp3) is 0.417. The zero-order valence-electron chi connectivity index (χ0n) is 9.28. The van der Waals surface area contributed by atoms with Gasteiger partial charge in [0, 0.05) is 11.8 Å². The first kappa shape index (κ1) is 13.0. The van der Waals surface area contributed by atoms with Crippen LogP contribution in [0.25, 0.3) is 0 Å². The first-order valence-corrected chi connectivity index (χ1v) is 6.39. The van der Waals surface area contributed by atoms with E-state index < -0.39 is 0 Å². The van der Waals surface area contributed by atoms with Crippen molar-refractivity contribution < 1.29 is 9.53 Å². The number of nitrogens with one attached hydrogen (secondary N) is 1. The second-order valence-corrected chi connectivity index (χ2v) is 4.28. The summed E-state index contributed by atoms with van der Waals surface area (Å²) in [6.45, 7) is 2.46. The third-order valence-corrected chi connectivity index (χ3v) is 2.39. The molecule has 4 heteroatoms. The number of hydrogen-bond donors (Lipinski definition) is 1. The van der Waals surface area contributed by atoms with Crippen LogP contribution in [0.2, 0.25) is 0 Å². The summed E-state index contributed by atoms with van der Waals surface area (Å²) in [7, 11) is 0. The largest absolute Gasteiger partial charge is 0.489 e. The molecule has 3 nitrogen and oxygen atoms in total. The zero-order valence-corrected chi connectivity index (χ0v) is 10.9. The average Bonchev–Trinajstić information content (AvgIpc) is 2.28. The number of rotatable bonds is 6. The van der Waals surface area contributed by atoms with E-state index in [0.29, 0.717) is 18.3 Å². The molecule has 0 radical (unpaired) electrons. The predicted molar refractivity (Wildman–Crippen MR) is 68.0 cm³/mol. The molecule has 1 rings (SSSR count). The number of halogens is 1. The predicted octanol–water partition coefficient (Wildman–Crippen LogP) is 2.36. The van der Waals surface area contributed by atoms with Crippen LogP contribution in [0.3, 0.4) is 0 Å². The van der Waals surface area contributed by atoms with Crippen LogP contribution in [-0.2, 0) is 4.79 Å². The minimum Gasteiger partial charge on any atom is -0.489 e. The lowest BCUT2D eigenvalue weighted by Gasteiger charge is -2.15. The number of amides is 1. The Bertz CT molecular complexity index is 316. The molecule has 0 saturated heterocycles. The summed E-state index contributed by atoms with van der Waals surface area (Å²) in [5, 5.41) is 3.50. The van der Waals surface area contributed by atoms with E-state index in [0.717, 1.165) is 5.75 Å². The number of alkyl halides is 1. The third-order valence-electron chi connectivity index (χ3n) is 1.99. The summed E-state index contributed by atoms with van der Waals surface area (Å²) in [6, 6.07) is 9.58. The zero-order chi connectivity index (χ0) is 11.8. The van der Waals surface area contributed by atoms with Crippen LogP contribution in [0.4, 0.5) is 0 Å². The van der Waals surface area contributed by atoms with Gasteiger partial charge in [-0.2, -0.15) is 0 Å². The molecule has 0 aliphatic heterocycles. The van der Waals surface area contributed by atoms with E-state index in [9.17, 15) is 4.79 Å². The van der Waals surface area contributed by atoms with E-state index in [-0.39, 0.29) is 12.0 Å². The molecular formula is C12H16BrNO2. The molecule has 0 bridgehead atoms. The smallest absolute Gasteiger partial charge is 0.220 e. The van der Waals surface area contributed by atoms with Crippen molar-refractivity contribution in [2.45, 2.75) is 19.4 Å². The topological polar surface area (TPSA) is 38.3 Å². The molecule has 0 fully saturated rings. The molecule has 88 valence electrons. The van der Waals surface area contributed by atoms with Crippen LogP contribution in [0.1, 0.15) is 13.3 Å². The quantitative estimate of drug-likeness (QED) is 0.815. The van der Waals surface area contributed by atoms with Gasteiger partial charge in [0.2, 0.25) is 5.91 Å². The van der Waals surface area contributed by atoms with Crippen LogP contribution in [0.15, 0.2) is 30.3 Å². The first-order valence-electron chi connectivity index (χ1n) is 5.26. The molecule has 0 aromatic heterocycles. The fourth-order valence-electron chi connectivity index (χ4n) is 1.20. The molecule has 1 N–H and O–H groups in total. The SMILES string of the molecule is CC(CNC(=O)CCBr)Oc1ccccc1. The minimum absolute atomic E-state index is 0.0262. The van der Waals surface area contributed by atoms with Crippen LogP contribution in [0.5, 0.6) is 5.75 Å². The van der Waals surface area contributed by atoms with Crippen LogP contribution in [0, 0.1) is 0 Å². The Morgan fingerprint density at radius 1 is 1.44 bits per heavy atom. The monoisotopic (exact) mass is 285 g/mol. The molecule has 0 aliphatic carbocycles. The lowest BCUT2D eigenvalue weighted by molar-refractivity contribution is -0.121. The summed E-state index contributed by atoms with van der Waals surface area (Å²) >= 11 is 3.22. The highest BCUT2D eigenvalue weighted by atomic mass is 79.9. The highest BCUT2D eigenvalue weighted by molar-refractivity contribution is 9.09. The second-order valence-electron chi connectivity index (χ2n) is 3.48. The molecule has 1 aromatic rings. The minimum atomic E-state index is -0.0262. The van der Waals surface area contributed by atoms with Gasteiger partial charge in [-0.3, -0.25) is 4.79 Å². The Labute approximate surface area is 104 Å².